The summed E-state index contributed by atoms with van der Waals surface area (Å²) >= 11 is 0. The fourth-order valence-corrected chi connectivity index (χ4v) is 3.83. The number of nitrogens with zero attached hydrogens (tertiary/aromatic N) is 1. The van der Waals surface area contributed by atoms with Crippen molar-refractivity contribution in [2.75, 3.05) is 13.2 Å². The summed E-state index contributed by atoms with van der Waals surface area (Å²) in [6, 6.07) is 12.7. The first-order valence-corrected chi connectivity index (χ1v) is 9.04. The van der Waals surface area contributed by atoms with Crippen molar-refractivity contribution in [1.82, 2.24) is 4.98 Å². The fourth-order valence-electron chi connectivity index (χ4n) is 3.83. The van der Waals surface area contributed by atoms with Gasteiger partial charge in [0.2, 0.25) is 0 Å². The number of hydrogen-bond acceptors (Lipinski definition) is 5. The third kappa shape index (κ3) is 2.68. The van der Waals surface area contributed by atoms with Gasteiger partial charge in [0.05, 0.1) is 23.8 Å². The van der Waals surface area contributed by atoms with Crippen LogP contribution in [0.3, 0.4) is 0 Å². The lowest BCUT2D eigenvalue weighted by Crippen LogP contribution is -2.30. The Morgan fingerprint density at radius 2 is 2.04 bits per heavy atom. The molecule has 1 unspecified atom stereocenters. The van der Waals surface area contributed by atoms with Gasteiger partial charge >= 0.3 is 0 Å². The smallest absolute Gasteiger partial charge is 0.195 e. The molecule has 4 rings (SSSR count). The first kappa shape index (κ1) is 18.2. The minimum Gasteiger partial charge on any atom is -0.491 e. The molecule has 1 heterocycles. The topological polar surface area (TPSA) is 106 Å². The van der Waals surface area contributed by atoms with Gasteiger partial charge in [-0.1, -0.05) is 26.0 Å². The molecule has 0 saturated carbocycles. The molecule has 0 radical (unpaired) electrons. The minimum absolute atomic E-state index is 0.0534. The van der Waals surface area contributed by atoms with Crippen LogP contribution in [0, 0.1) is 11.3 Å². The predicted molar refractivity (Wildman–Crippen MR) is 104 cm³/mol. The average molecular weight is 376 g/mol. The summed E-state index contributed by atoms with van der Waals surface area (Å²) in [5.74, 6) is 0.360. The monoisotopic (exact) mass is 376 g/mol. The fraction of sp³-hybridized carbons (Fsp3) is 0.273. The van der Waals surface area contributed by atoms with Crippen LogP contribution in [0.4, 0.5) is 0 Å². The lowest BCUT2D eigenvalue weighted by Gasteiger charge is -2.32. The van der Waals surface area contributed by atoms with E-state index in [9.17, 15) is 9.90 Å². The van der Waals surface area contributed by atoms with Gasteiger partial charge in [-0.15, -0.1) is 0 Å². The molecule has 1 aromatic heterocycles. The molecule has 0 spiro atoms. The van der Waals surface area contributed by atoms with Crippen LogP contribution in [-0.4, -0.2) is 40.3 Å². The Labute approximate surface area is 162 Å². The number of benzene rings is 2. The largest absolute Gasteiger partial charge is 0.491 e. The second-order valence-corrected chi connectivity index (χ2v) is 7.56. The zero-order valence-corrected chi connectivity index (χ0v) is 15.6. The zero-order chi connectivity index (χ0) is 20.1. The number of nitriles is 1. The van der Waals surface area contributed by atoms with Crippen molar-refractivity contribution in [3.05, 3.63) is 64.3 Å². The summed E-state index contributed by atoms with van der Waals surface area (Å²) in [4.78, 5) is 16.7. The molecular formula is C22H20N2O4. The van der Waals surface area contributed by atoms with Crippen LogP contribution >= 0.6 is 0 Å². The summed E-state index contributed by atoms with van der Waals surface area (Å²) < 4.78 is 5.52. The maximum absolute atomic E-state index is 13.3. The van der Waals surface area contributed by atoms with Crippen LogP contribution in [0.2, 0.25) is 0 Å². The molecule has 6 nitrogen and oxygen atoms in total. The molecule has 0 amide bonds. The molecule has 28 heavy (non-hydrogen) atoms. The minimum atomic E-state index is -0.974. The van der Waals surface area contributed by atoms with E-state index in [1.807, 2.05) is 19.9 Å². The number of ether oxygens (including phenoxy) is 1. The van der Waals surface area contributed by atoms with Crippen LogP contribution in [0.1, 0.15) is 46.6 Å². The molecule has 3 N–H and O–H groups in total. The molecule has 1 aliphatic rings. The Balaban J connectivity index is 1.84. The number of H-pyrrole nitrogens is 1. The van der Waals surface area contributed by atoms with Crippen LogP contribution in [0.5, 0.6) is 5.75 Å². The Bertz CT molecular complexity index is 1140. The van der Waals surface area contributed by atoms with Gasteiger partial charge in [-0.05, 0) is 29.8 Å². The van der Waals surface area contributed by atoms with Crippen molar-refractivity contribution in [1.29, 1.82) is 5.26 Å². The lowest BCUT2D eigenvalue weighted by molar-refractivity contribution is 0.0535. The van der Waals surface area contributed by atoms with E-state index < -0.39 is 11.5 Å². The summed E-state index contributed by atoms with van der Waals surface area (Å²) in [6.45, 7) is 3.66. The van der Waals surface area contributed by atoms with E-state index in [-0.39, 0.29) is 19.0 Å². The van der Waals surface area contributed by atoms with Gasteiger partial charge in [0, 0.05) is 27.6 Å². The van der Waals surface area contributed by atoms with Gasteiger partial charge in [-0.2, -0.15) is 5.26 Å². The number of fused-ring (bicyclic) bond motifs is 4. The van der Waals surface area contributed by atoms with E-state index in [1.165, 1.54) is 0 Å². The molecule has 3 aromatic rings. The summed E-state index contributed by atoms with van der Waals surface area (Å²) in [5.41, 5.74) is 3.75. The quantitative estimate of drug-likeness (QED) is 0.649. The van der Waals surface area contributed by atoms with E-state index >= 15 is 0 Å². The zero-order valence-electron chi connectivity index (χ0n) is 15.6. The van der Waals surface area contributed by atoms with Gasteiger partial charge in [0.15, 0.2) is 5.78 Å². The third-order valence-electron chi connectivity index (χ3n) is 5.34. The highest BCUT2D eigenvalue weighted by atomic mass is 16.5. The molecule has 1 atom stereocenters. The number of aromatic nitrogens is 1. The van der Waals surface area contributed by atoms with Crippen molar-refractivity contribution in [2.45, 2.75) is 25.4 Å². The number of ketones is 1. The molecule has 6 heteroatoms. The van der Waals surface area contributed by atoms with Gasteiger partial charge in [-0.25, -0.2) is 0 Å². The number of aliphatic hydroxyl groups excluding tert-OH is 2. The highest BCUT2D eigenvalue weighted by Gasteiger charge is 2.39. The molecule has 0 fully saturated rings. The second kappa shape index (κ2) is 6.48. The van der Waals surface area contributed by atoms with E-state index in [0.29, 0.717) is 22.4 Å². The molecule has 1 aliphatic carbocycles. The van der Waals surface area contributed by atoms with Crippen molar-refractivity contribution >= 4 is 16.7 Å². The summed E-state index contributed by atoms with van der Waals surface area (Å²) in [7, 11) is 0. The van der Waals surface area contributed by atoms with E-state index in [2.05, 4.69) is 11.1 Å². The number of hydrogen-bond donors (Lipinski definition) is 3. The predicted octanol–water partition coefficient (Wildman–Crippen LogP) is 2.64. The number of rotatable bonds is 4. The maximum atomic E-state index is 13.3. The van der Waals surface area contributed by atoms with Gasteiger partial charge in [0.25, 0.3) is 0 Å². The van der Waals surface area contributed by atoms with Crippen molar-refractivity contribution in [2.24, 2.45) is 0 Å². The van der Waals surface area contributed by atoms with Crippen LogP contribution in [-0.2, 0) is 5.41 Å². The Kier molecular flexibility index (Phi) is 4.22. The molecule has 0 bridgehead atoms. The standard InChI is InChI=1S/C22H20N2O4/c1-22(2)17-6-4-14(28-11-13(26)10-25)8-16(17)20(27)19-15-5-3-12(9-23)7-18(15)24-21(19)22/h3-8,13,24-26H,10-11H2,1-2H3. The van der Waals surface area contributed by atoms with Crippen molar-refractivity contribution < 1.29 is 19.7 Å². The van der Waals surface area contributed by atoms with E-state index in [1.54, 1.807) is 30.3 Å². The van der Waals surface area contributed by atoms with Crippen molar-refractivity contribution in [3.63, 3.8) is 0 Å². The van der Waals surface area contributed by atoms with E-state index in [0.717, 1.165) is 22.2 Å². The second-order valence-electron chi connectivity index (χ2n) is 7.56. The number of aliphatic hydroxyl groups is 2. The van der Waals surface area contributed by atoms with Crippen LogP contribution in [0.25, 0.3) is 10.9 Å². The third-order valence-corrected chi connectivity index (χ3v) is 5.34. The number of carbonyl (C=O) groups is 1. The summed E-state index contributed by atoms with van der Waals surface area (Å²) in [6.07, 6.45) is -0.974. The number of carbonyl (C=O) groups excluding carboxylic acids is 1. The van der Waals surface area contributed by atoms with Crippen LogP contribution in [0.15, 0.2) is 36.4 Å². The molecular weight excluding hydrogens is 356 g/mol. The molecule has 0 saturated heterocycles. The van der Waals surface area contributed by atoms with E-state index in [4.69, 9.17) is 15.1 Å². The summed E-state index contributed by atoms with van der Waals surface area (Å²) in [5, 5.41) is 28.4. The molecule has 2 aromatic carbocycles. The molecule has 142 valence electrons. The molecule has 0 aliphatic heterocycles. The number of nitrogens with one attached hydrogen (secondary N) is 1. The first-order valence-electron chi connectivity index (χ1n) is 9.04. The maximum Gasteiger partial charge on any atom is 0.195 e. The highest BCUT2D eigenvalue weighted by Crippen LogP contribution is 2.44. The number of aromatic amines is 1. The van der Waals surface area contributed by atoms with Gasteiger partial charge in [-0.3, -0.25) is 4.79 Å². The van der Waals surface area contributed by atoms with Gasteiger partial charge < -0.3 is 19.9 Å². The van der Waals surface area contributed by atoms with Crippen LogP contribution < -0.4 is 4.74 Å². The normalized spacial score (nSPS) is 15.6. The SMILES string of the molecule is CC1(C)c2ccc(OCC(O)CO)cc2C(=O)c2c1[nH]c1cc(C#N)ccc21. The average Bonchev–Trinajstić information content (AvgIpc) is 3.10. The van der Waals surface area contributed by atoms with Crippen molar-refractivity contribution in [3.8, 4) is 11.8 Å². The van der Waals surface area contributed by atoms with Gasteiger partial charge in [0.1, 0.15) is 18.5 Å². The Morgan fingerprint density at radius 1 is 1.25 bits per heavy atom. The first-order chi connectivity index (χ1) is 13.4. The highest BCUT2D eigenvalue weighted by molar-refractivity contribution is 6.20. The Morgan fingerprint density at radius 3 is 2.75 bits per heavy atom. The Hall–Kier alpha value is -3.14. The lowest BCUT2D eigenvalue weighted by atomic mass is 9.71.